The number of ether oxygens (including phenoxy) is 2. The van der Waals surface area contributed by atoms with Gasteiger partial charge >= 0.3 is 0 Å². The first-order valence-corrected chi connectivity index (χ1v) is 12.5. The summed E-state index contributed by atoms with van der Waals surface area (Å²) >= 11 is 1.49. The van der Waals surface area contributed by atoms with Crippen LogP contribution >= 0.6 is 11.3 Å². The number of phenolic OH excluding ortho intramolecular Hbond substituents is 1. The summed E-state index contributed by atoms with van der Waals surface area (Å²) in [5.41, 5.74) is 0.821. The van der Waals surface area contributed by atoms with Crippen molar-refractivity contribution in [3.8, 4) is 17.2 Å². The Morgan fingerprint density at radius 1 is 0.906 bits per heavy atom. The molecule has 1 unspecified atom stereocenters. The molecule has 3 aromatic carbocycles. The lowest BCUT2D eigenvalue weighted by molar-refractivity contribution is 0.297. The van der Waals surface area contributed by atoms with E-state index in [2.05, 4.69) is 4.72 Å². The normalized spacial score (nSPS) is 14.8. The number of rotatable bonds is 5. The van der Waals surface area contributed by atoms with E-state index in [1.807, 2.05) is 42.5 Å². The number of sulfonamides is 1. The maximum absolute atomic E-state index is 13.4. The highest BCUT2D eigenvalue weighted by Crippen LogP contribution is 2.37. The lowest BCUT2D eigenvalue weighted by Gasteiger charge is -2.19. The summed E-state index contributed by atoms with van der Waals surface area (Å²) in [7, 11) is -3.88. The van der Waals surface area contributed by atoms with Crippen LogP contribution in [0.2, 0.25) is 0 Å². The molecule has 1 atom stereocenters. The number of nitrogens with one attached hydrogen (secondary N) is 1. The first-order chi connectivity index (χ1) is 15.5. The van der Waals surface area contributed by atoms with E-state index in [1.54, 1.807) is 18.2 Å². The fourth-order valence-corrected chi connectivity index (χ4v) is 6.08. The molecule has 0 spiro atoms. The Balaban J connectivity index is 1.54. The summed E-state index contributed by atoms with van der Waals surface area (Å²) in [6.45, 7) is 1.01. The summed E-state index contributed by atoms with van der Waals surface area (Å²) < 4.78 is 41.9. The lowest BCUT2D eigenvalue weighted by Crippen LogP contribution is -2.29. The molecule has 4 aromatic rings. The molecule has 0 radical (unpaired) electrons. The molecule has 1 aliphatic rings. The smallest absolute Gasteiger partial charge is 0.241 e. The standard InChI is InChI=1S/C24H21NO5S2/c26-18-7-10-22-17(13-18)14-23(31-22)24(16-5-2-1-3-6-16)25-32(27,28)19-8-9-20-21(15-19)30-12-4-11-29-20/h1-3,5-10,13-15,24-26H,4,11-12H2. The summed E-state index contributed by atoms with van der Waals surface area (Å²) in [6, 6.07) is 20.6. The third-order valence-corrected chi connectivity index (χ3v) is 7.84. The summed E-state index contributed by atoms with van der Waals surface area (Å²) in [4.78, 5) is 0.941. The van der Waals surface area contributed by atoms with Crippen LogP contribution in [0.5, 0.6) is 17.2 Å². The molecule has 0 fully saturated rings. The van der Waals surface area contributed by atoms with Crippen molar-refractivity contribution in [2.45, 2.75) is 17.4 Å². The van der Waals surface area contributed by atoms with Crippen LogP contribution < -0.4 is 14.2 Å². The Hall–Kier alpha value is -3.07. The summed E-state index contributed by atoms with van der Waals surface area (Å²) in [6.07, 6.45) is 0.743. The van der Waals surface area contributed by atoms with Gasteiger partial charge in [-0.05, 0) is 47.3 Å². The Morgan fingerprint density at radius 3 is 2.50 bits per heavy atom. The first-order valence-electron chi connectivity index (χ1n) is 10.2. The summed E-state index contributed by atoms with van der Waals surface area (Å²) in [5, 5.41) is 10.7. The van der Waals surface area contributed by atoms with Crippen molar-refractivity contribution in [3.05, 3.63) is 83.2 Å². The Kier molecular flexibility index (Phi) is 5.50. The van der Waals surface area contributed by atoms with Gasteiger partial charge in [-0.15, -0.1) is 11.3 Å². The molecule has 0 saturated carbocycles. The highest BCUT2D eigenvalue weighted by molar-refractivity contribution is 7.89. The van der Waals surface area contributed by atoms with Gasteiger partial charge in [0.1, 0.15) is 5.75 Å². The number of hydrogen-bond acceptors (Lipinski definition) is 6. The van der Waals surface area contributed by atoms with E-state index in [0.29, 0.717) is 24.7 Å². The third kappa shape index (κ3) is 4.17. The van der Waals surface area contributed by atoms with E-state index < -0.39 is 16.1 Å². The van der Waals surface area contributed by atoms with Crippen molar-refractivity contribution in [1.29, 1.82) is 0 Å². The molecule has 5 rings (SSSR count). The van der Waals surface area contributed by atoms with Crippen LogP contribution in [0.1, 0.15) is 22.9 Å². The minimum atomic E-state index is -3.88. The van der Waals surface area contributed by atoms with Gasteiger partial charge in [-0.2, -0.15) is 4.72 Å². The predicted molar refractivity (Wildman–Crippen MR) is 124 cm³/mol. The maximum Gasteiger partial charge on any atom is 0.241 e. The second kappa shape index (κ2) is 8.46. The fraction of sp³-hybridized carbons (Fsp3) is 0.167. The molecular weight excluding hydrogens is 446 g/mol. The zero-order valence-electron chi connectivity index (χ0n) is 17.0. The topological polar surface area (TPSA) is 84.9 Å². The minimum absolute atomic E-state index is 0.112. The van der Waals surface area contributed by atoms with Gasteiger partial charge in [0, 0.05) is 22.1 Å². The van der Waals surface area contributed by atoms with Crippen LogP contribution in [0, 0.1) is 0 Å². The van der Waals surface area contributed by atoms with E-state index in [1.165, 1.54) is 23.5 Å². The average Bonchev–Trinajstić information content (AvgIpc) is 3.06. The highest BCUT2D eigenvalue weighted by atomic mass is 32.2. The van der Waals surface area contributed by atoms with Gasteiger partial charge in [-0.25, -0.2) is 8.42 Å². The van der Waals surface area contributed by atoms with Gasteiger partial charge in [0.15, 0.2) is 11.5 Å². The van der Waals surface area contributed by atoms with Crippen LogP contribution in [0.3, 0.4) is 0 Å². The van der Waals surface area contributed by atoms with Crippen LogP contribution in [0.15, 0.2) is 77.7 Å². The van der Waals surface area contributed by atoms with Crippen LogP contribution in [0.25, 0.3) is 10.1 Å². The monoisotopic (exact) mass is 467 g/mol. The molecule has 6 nitrogen and oxygen atoms in total. The average molecular weight is 468 g/mol. The van der Waals surface area contributed by atoms with E-state index in [9.17, 15) is 13.5 Å². The van der Waals surface area contributed by atoms with Gasteiger partial charge in [-0.1, -0.05) is 30.3 Å². The second-order valence-corrected chi connectivity index (χ2v) is 10.3. The minimum Gasteiger partial charge on any atom is -0.508 e. The number of phenols is 1. The lowest BCUT2D eigenvalue weighted by atomic mass is 10.1. The van der Waals surface area contributed by atoms with Gasteiger partial charge in [0.2, 0.25) is 10.0 Å². The largest absolute Gasteiger partial charge is 0.508 e. The van der Waals surface area contributed by atoms with Crippen molar-refractivity contribution in [3.63, 3.8) is 0 Å². The second-order valence-electron chi connectivity index (χ2n) is 7.49. The zero-order chi connectivity index (χ0) is 22.1. The number of thiophene rings is 1. The molecule has 2 N–H and O–H groups in total. The zero-order valence-corrected chi connectivity index (χ0v) is 18.7. The van der Waals surface area contributed by atoms with Crippen LogP contribution in [-0.4, -0.2) is 26.7 Å². The van der Waals surface area contributed by atoms with Crippen molar-refractivity contribution in [1.82, 2.24) is 4.72 Å². The van der Waals surface area contributed by atoms with Crippen molar-refractivity contribution in [2.75, 3.05) is 13.2 Å². The Labute approximate surface area is 190 Å². The maximum atomic E-state index is 13.4. The molecule has 1 aromatic heterocycles. The molecule has 8 heteroatoms. The number of fused-ring (bicyclic) bond motifs is 2. The van der Waals surface area contributed by atoms with Crippen molar-refractivity contribution < 1.29 is 23.0 Å². The fourth-order valence-electron chi connectivity index (χ4n) is 3.66. The molecule has 0 bridgehead atoms. The van der Waals surface area contributed by atoms with Gasteiger partial charge in [0.05, 0.1) is 24.2 Å². The molecule has 0 aliphatic carbocycles. The number of aromatic hydroxyl groups is 1. The van der Waals surface area contributed by atoms with Gasteiger partial charge < -0.3 is 14.6 Å². The Morgan fingerprint density at radius 2 is 1.69 bits per heavy atom. The van der Waals surface area contributed by atoms with E-state index in [4.69, 9.17) is 9.47 Å². The molecule has 32 heavy (non-hydrogen) atoms. The van der Waals surface area contributed by atoms with Crippen molar-refractivity contribution in [2.24, 2.45) is 0 Å². The quantitative estimate of drug-likeness (QED) is 0.439. The van der Waals surface area contributed by atoms with Gasteiger partial charge in [-0.3, -0.25) is 0 Å². The number of hydrogen-bond donors (Lipinski definition) is 2. The van der Waals surface area contributed by atoms with Gasteiger partial charge in [0.25, 0.3) is 0 Å². The molecule has 0 saturated heterocycles. The Bertz CT molecular complexity index is 1370. The molecule has 164 valence electrons. The number of benzene rings is 3. The predicted octanol–water partition coefficient (Wildman–Crippen LogP) is 4.84. The van der Waals surface area contributed by atoms with Crippen LogP contribution in [-0.2, 0) is 10.0 Å². The SMILES string of the molecule is O=S(=O)(NC(c1ccccc1)c1cc2cc(O)ccc2s1)c1ccc2c(c1)OCCCO2. The third-order valence-electron chi connectivity index (χ3n) is 5.24. The highest BCUT2D eigenvalue weighted by Gasteiger charge is 2.26. The van der Waals surface area contributed by atoms with E-state index in [0.717, 1.165) is 26.9 Å². The molecular formula is C24H21NO5S2. The molecule has 1 aliphatic heterocycles. The first kappa shape index (κ1) is 20.8. The van der Waals surface area contributed by atoms with Crippen molar-refractivity contribution >= 4 is 31.4 Å². The van der Waals surface area contributed by atoms with E-state index >= 15 is 0 Å². The molecule has 0 amide bonds. The molecule has 2 heterocycles. The van der Waals surface area contributed by atoms with Crippen LogP contribution in [0.4, 0.5) is 0 Å². The summed E-state index contributed by atoms with van der Waals surface area (Å²) in [5.74, 6) is 1.15. The van der Waals surface area contributed by atoms with E-state index in [-0.39, 0.29) is 10.6 Å².